The molecule has 120 valence electrons. The van der Waals surface area contributed by atoms with E-state index < -0.39 is 0 Å². The van der Waals surface area contributed by atoms with Crippen LogP contribution in [0.15, 0.2) is 72.8 Å². The van der Waals surface area contributed by atoms with Gasteiger partial charge in [-0.05, 0) is 23.3 Å². The highest BCUT2D eigenvalue weighted by molar-refractivity contribution is 6.09. The lowest BCUT2D eigenvalue weighted by molar-refractivity contribution is 0.103. The van der Waals surface area contributed by atoms with Crippen molar-refractivity contribution in [3.63, 3.8) is 0 Å². The minimum atomic E-state index is 0.0189. The molecule has 0 aliphatic rings. The molecule has 3 nitrogen and oxygen atoms in total. The van der Waals surface area contributed by atoms with Crippen LogP contribution in [0.25, 0.3) is 11.1 Å². The molecule has 0 heterocycles. The molecule has 3 aromatic carbocycles. The third-order valence-corrected chi connectivity index (χ3v) is 3.87. The first kappa shape index (κ1) is 15.8. The zero-order valence-corrected chi connectivity index (χ0v) is 13.7. The zero-order chi connectivity index (χ0) is 16.9. The van der Waals surface area contributed by atoms with Gasteiger partial charge in [-0.15, -0.1) is 0 Å². The molecule has 0 bridgehead atoms. The van der Waals surface area contributed by atoms with Crippen molar-refractivity contribution in [1.82, 2.24) is 0 Å². The van der Waals surface area contributed by atoms with Crippen molar-refractivity contribution in [2.45, 2.75) is 0 Å². The van der Waals surface area contributed by atoms with Crippen LogP contribution in [0.1, 0.15) is 15.9 Å². The predicted molar refractivity (Wildman–Crippen MR) is 94.9 cm³/mol. The number of carbonyl (C=O) groups excluding carboxylic acids is 1. The van der Waals surface area contributed by atoms with Crippen molar-refractivity contribution in [2.24, 2.45) is 0 Å². The number of hydrogen-bond donors (Lipinski definition) is 0. The molecule has 0 aliphatic carbocycles. The number of carbonyl (C=O) groups is 1. The van der Waals surface area contributed by atoms with Crippen molar-refractivity contribution in [1.29, 1.82) is 0 Å². The second kappa shape index (κ2) is 7.01. The fourth-order valence-electron chi connectivity index (χ4n) is 2.54. The summed E-state index contributed by atoms with van der Waals surface area (Å²) in [6.07, 6.45) is 0. The Morgan fingerprint density at radius 1 is 0.667 bits per heavy atom. The van der Waals surface area contributed by atoms with Crippen LogP contribution in [0.4, 0.5) is 0 Å². The van der Waals surface area contributed by atoms with Crippen molar-refractivity contribution in [3.05, 3.63) is 83.9 Å². The van der Waals surface area contributed by atoms with Crippen LogP contribution in [-0.4, -0.2) is 20.0 Å². The van der Waals surface area contributed by atoms with Crippen LogP contribution < -0.4 is 9.47 Å². The highest BCUT2D eigenvalue weighted by atomic mass is 16.5. The molecule has 0 saturated heterocycles. The van der Waals surface area contributed by atoms with Gasteiger partial charge in [0.05, 0.1) is 14.2 Å². The molecule has 0 fully saturated rings. The van der Waals surface area contributed by atoms with Gasteiger partial charge in [0, 0.05) is 17.2 Å². The van der Waals surface area contributed by atoms with E-state index >= 15 is 0 Å². The number of rotatable bonds is 5. The molecular formula is C21H18O3. The SMILES string of the molecule is COc1cc(OC)cc(-c2ccc(C(=O)c3ccccc3)cc2)c1. The van der Waals surface area contributed by atoms with Gasteiger partial charge in [-0.25, -0.2) is 0 Å². The molecule has 0 saturated carbocycles. The Hall–Kier alpha value is -3.07. The second-order valence-electron chi connectivity index (χ2n) is 5.37. The molecule has 3 aromatic rings. The van der Waals surface area contributed by atoms with E-state index in [9.17, 15) is 4.79 Å². The van der Waals surface area contributed by atoms with Gasteiger partial charge in [-0.2, -0.15) is 0 Å². The number of benzene rings is 3. The van der Waals surface area contributed by atoms with Crippen molar-refractivity contribution >= 4 is 5.78 Å². The summed E-state index contributed by atoms with van der Waals surface area (Å²) in [5.41, 5.74) is 3.33. The number of hydrogen-bond acceptors (Lipinski definition) is 3. The van der Waals surface area contributed by atoms with Crippen LogP contribution in [0.3, 0.4) is 0 Å². The van der Waals surface area contributed by atoms with Crippen LogP contribution in [0.5, 0.6) is 11.5 Å². The second-order valence-corrected chi connectivity index (χ2v) is 5.37. The summed E-state index contributed by atoms with van der Waals surface area (Å²) in [6, 6.07) is 22.5. The summed E-state index contributed by atoms with van der Waals surface area (Å²) in [5.74, 6) is 1.48. The van der Waals surface area contributed by atoms with Gasteiger partial charge in [-0.1, -0.05) is 54.6 Å². The Bertz CT molecular complexity index is 814. The Kier molecular flexibility index (Phi) is 4.62. The maximum absolute atomic E-state index is 12.5. The van der Waals surface area contributed by atoms with E-state index in [1.54, 1.807) is 14.2 Å². The molecule has 0 N–H and O–H groups in total. The van der Waals surface area contributed by atoms with Crippen molar-refractivity contribution in [3.8, 4) is 22.6 Å². The van der Waals surface area contributed by atoms with Crippen molar-refractivity contribution < 1.29 is 14.3 Å². The van der Waals surface area contributed by atoms with Crippen LogP contribution >= 0.6 is 0 Å². The molecule has 3 heteroatoms. The number of methoxy groups -OCH3 is 2. The number of ether oxygens (including phenoxy) is 2. The average molecular weight is 318 g/mol. The Morgan fingerprint density at radius 2 is 1.21 bits per heavy atom. The van der Waals surface area contributed by atoms with Crippen LogP contribution in [-0.2, 0) is 0 Å². The van der Waals surface area contributed by atoms with E-state index in [-0.39, 0.29) is 5.78 Å². The first-order valence-electron chi connectivity index (χ1n) is 7.64. The van der Waals surface area contributed by atoms with E-state index in [0.717, 1.165) is 22.6 Å². The smallest absolute Gasteiger partial charge is 0.193 e. The third kappa shape index (κ3) is 3.30. The molecule has 0 unspecified atom stereocenters. The molecular weight excluding hydrogens is 300 g/mol. The summed E-state index contributed by atoms with van der Waals surface area (Å²) in [6.45, 7) is 0. The highest BCUT2D eigenvalue weighted by Crippen LogP contribution is 2.30. The van der Waals surface area contributed by atoms with E-state index in [0.29, 0.717) is 11.1 Å². The predicted octanol–water partition coefficient (Wildman–Crippen LogP) is 4.60. The van der Waals surface area contributed by atoms with Gasteiger partial charge in [-0.3, -0.25) is 4.79 Å². The van der Waals surface area contributed by atoms with Gasteiger partial charge in [0.1, 0.15) is 11.5 Å². The number of ketones is 1. The summed E-state index contributed by atoms with van der Waals surface area (Å²) in [7, 11) is 3.25. The first-order valence-corrected chi connectivity index (χ1v) is 7.64. The molecule has 0 aliphatic heterocycles. The minimum Gasteiger partial charge on any atom is -0.497 e. The minimum absolute atomic E-state index is 0.0189. The third-order valence-electron chi connectivity index (χ3n) is 3.87. The fourth-order valence-corrected chi connectivity index (χ4v) is 2.54. The van der Waals surface area contributed by atoms with Gasteiger partial charge in [0.25, 0.3) is 0 Å². The first-order chi connectivity index (χ1) is 11.7. The maximum Gasteiger partial charge on any atom is 0.193 e. The molecule has 0 radical (unpaired) electrons. The molecule has 0 spiro atoms. The molecule has 0 aromatic heterocycles. The van der Waals surface area contributed by atoms with Gasteiger partial charge >= 0.3 is 0 Å². The Morgan fingerprint density at radius 3 is 1.75 bits per heavy atom. The van der Waals surface area contributed by atoms with Crippen LogP contribution in [0, 0.1) is 0 Å². The van der Waals surface area contributed by atoms with Gasteiger partial charge in [0.2, 0.25) is 0 Å². The molecule has 24 heavy (non-hydrogen) atoms. The van der Waals surface area contributed by atoms with Gasteiger partial charge in [0.15, 0.2) is 5.78 Å². The summed E-state index contributed by atoms with van der Waals surface area (Å²) < 4.78 is 10.6. The molecule has 3 rings (SSSR count). The van der Waals surface area contributed by atoms with Crippen molar-refractivity contribution in [2.75, 3.05) is 14.2 Å². The quantitative estimate of drug-likeness (QED) is 0.645. The maximum atomic E-state index is 12.5. The van der Waals surface area contributed by atoms with Crippen LogP contribution in [0.2, 0.25) is 0 Å². The van der Waals surface area contributed by atoms with E-state index in [2.05, 4.69) is 0 Å². The standard InChI is InChI=1S/C21H18O3/c1-23-19-12-18(13-20(14-19)24-2)15-8-10-17(11-9-15)21(22)16-6-4-3-5-7-16/h3-14H,1-2H3. The molecule has 0 amide bonds. The topological polar surface area (TPSA) is 35.5 Å². The van der Waals surface area contributed by atoms with E-state index in [1.165, 1.54) is 0 Å². The summed E-state index contributed by atoms with van der Waals surface area (Å²) in [4.78, 5) is 12.5. The Labute approximate surface area is 141 Å². The lowest BCUT2D eigenvalue weighted by Gasteiger charge is -2.09. The fraction of sp³-hybridized carbons (Fsp3) is 0.0952. The highest BCUT2D eigenvalue weighted by Gasteiger charge is 2.09. The van der Waals surface area contributed by atoms with E-state index in [4.69, 9.17) is 9.47 Å². The zero-order valence-electron chi connectivity index (χ0n) is 13.7. The normalized spacial score (nSPS) is 10.2. The largest absolute Gasteiger partial charge is 0.497 e. The Balaban J connectivity index is 1.91. The lowest BCUT2D eigenvalue weighted by Crippen LogP contribution is -2.00. The monoisotopic (exact) mass is 318 g/mol. The summed E-state index contributed by atoms with van der Waals surface area (Å²) >= 11 is 0. The average Bonchev–Trinajstić information content (AvgIpc) is 2.67. The van der Waals surface area contributed by atoms with E-state index in [1.807, 2.05) is 72.8 Å². The summed E-state index contributed by atoms with van der Waals surface area (Å²) in [5, 5.41) is 0. The lowest BCUT2D eigenvalue weighted by atomic mass is 9.99. The molecule has 0 atom stereocenters. The van der Waals surface area contributed by atoms with Gasteiger partial charge < -0.3 is 9.47 Å².